The van der Waals surface area contributed by atoms with Gasteiger partial charge in [0.05, 0.1) is 12.6 Å². The van der Waals surface area contributed by atoms with Crippen molar-refractivity contribution in [3.63, 3.8) is 0 Å². The first-order valence-electron chi connectivity index (χ1n) is 7.26. The molecule has 23 heavy (non-hydrogen) atoms. The van der Waals surface area contributed by atoms with Gasteiger partial charge in [0.1, 0.15) is 18.0 Å². The average Bonchev–Trinajstić information content (AvgIpc) is 3.01. The molecule has 1 N–H and O–H groups in total. The lowest BCUT2D eigenvalue weighted by Gasteiger charge is -2.25. The molecule has 1 atom stereocenters. The Morgan fingerprint density at radius 3 is 2.87 bits per heavy atom. The molecule has 0 saturated carbocycles. The monoisotopic (exact) mass is 323 g/mol. The Morgan fingerprint density at radius 2 is 2.17 bits per heavy atom. The summed E-state index contributed by atoms with van der Waals surface area (Å²) < 4.78 is 28.9. The molecular weight excluding hydrogens is 304 g/mol. The Labute approximate surface area is 133 Å². The van der Waals surface area contributed by atoms with E-state index in [2.05, 4.69) is 15.5 Å². The van der Waals surface area contributed by atoms with Crippen molar-refractivity contribution in [2.75, 3.05) is 7.05 Å². The summed E-state index contributed by atoms with van der Waals surface area (Å²) in [5.41, 5.74) is 0.124. The second-order valence-electron chi connectivity index (χ2n) is 5.14. The number of amides is 2. The van der Waals surface area contributed by atoms with Crippen LogP contribution in [-0.2, 0) is 13.1 Å². The number of nitrogens with one attached hydrogen (secondary N) is 1. The smallest absolute Gasteiger partial charge is 0.318 e. The fourth-order valence-electron chi connectivity index (χ4n) is 2.18. The molecule has 1 heterocycles. The van der Waals surface area contributed by atoms with Gasteiger partial charge in [-0.2, -0.15) is 0 Å². The van der Waals surface area contributed by atoms with E-state index in [1.807, 2.05) is 6.92 Å². The van der Waals surface area contributed by atoms with Gasteiger partial charge in [-0.15, -0.1) is 10.2 Å². The number of aryl methyl sites for hydroxylation is 1. The second kappa shape index (κ2) is 7.17. The van der Waals surface area contributed by atoms with Crippen LogP contribution in [0.3, 0.4) is 0 Å². The highest BCUT2D eigenvalue weighted by Gasteiger charge is 2.21. The van der Waals surface area contributed by atoms with Crippen molar-refractivity contribution in [1.29, 1.82) is 0 Å². The standard InChI is InChI=1S/C15H19F2N5O/c1-4-22-9-19-20-14(22)8-18-15(23)21(3)10(2)12-7-11(16)5-6-13(12)17/h5-7,9-10H,4,8H2,1-3H3,(H,18,23)/t10-/m0/s1. The van der Waals surface area contributed by atoms with Crippen molar-refractivity contribution >= 4 is 6.03 Å². The molecule has 2 aromatic rings. The van der Waals surface area contributed by atoms with Crippen LogP contribution in [-0.4, -0.2) is 32.7 Å². The molecule has 0 aliphatic carbocycles. The van der Waals surface area contributed by atoms with Gasteiger partial charge in [0.25, 0.3) is 0 Å². The Kier molecular flexibility index (Phi) is 5.25. The van der Waals surface area contributed by atoms with E-state index in [9.17, 15) is 13.6 Å². The van der Waals surface area contributed by atoms with Crippen LogP contribution in [0.1, 0.15) is 31.3 Å². The van der Waals surface area contributed by atoms with Gasteiger partial charge in [-0.05, 0) is 32.0 Å². The van der Waals surface area contributed by atoms with Crippen molar-refractivity contribution in [3.05, 3.63) is 47.5 Å². The summed E-state index contributed by atoms with van der Waals surface area (Å²) in [5.74, 6) is -0.471. The van der Waals surface area contributed by atoms with E-state index >= 15 is 0 Å². The van der Waals surface area contributed by atoms with Crippen LogP contribution >= 0.6 is 0 Å². The summed E-state index contributed by atoms with van der Waals surface area (Å²) in [6.07, 6.45) is 1.58. The summed E-state index contributed by atoms with van der Waals surface area (Å²) in [4.78, 5) is 13.5. The molecule has 0 radical (unpaired) electrons. The van der Waals surface area contributed by atoms with Crippen LogP contribution in [0, 0.1) is 11.6 Å². The summed E-state index contributed by atoms with van der Waals surface area (Å²) in [6.45, 7) is 4.47. The van der Waals surface area contributed by atoms with Crippen molar-refractivity contribution in [2.45, 2.75) is 33.0 Å². The summed E-state index contributed by atoms with van der Waals surface area (Å²) in [7, 11) is 1.52. The third-order valence-corrected chi connectivity index (χ3v) is 3.74. The van der Waals surface area contributed by atoms with Crippen LogP contribution in [0.5, 0.6) is 0 Å². The van der Waals surface area contributed by atoms with Crippen molar-refractivity contribution in [1.82, 2.24) is 25.0 Å². The fourth-order valence-corrected chi connectivity index (χ4v) is 2.18. The highest BCUT2D eigenvalue weighted by atomic mass is 19.1. The first kappa shape index (κ1) is 16.9. The highest BCUT2D eigenvalue weighted by molar-refractivity contribution is 5.74. The lowest BCUT2D eigenvalue weighted by molar-refractivity contribution is 0.192. The van der Waals surface area contributed by atoms with Gasteiger partial charge in [-0.25, -0.2) is 13.6 Å². The molecule has 0 aliphatic heterocycles. The first-order chi connectivity index (χ1) is 10.9. The number of rotatable bonds is 5. The number of carbonyl (C=O) groups excluding carboxylic acids is 1. The minimum absolute atomic E-state index is 0.124. The quantitative estimate of drug-likeness (QED) is 0.919. The minimum atomic E-state index is -0.616. The third-order valence-electron chi connectivity index (χ3n) is 3.74. The van der Waals surface area contributed by atoms with E-state index in [0.29, 0.717) is 12.4 Å². The van der Waals surface area contributed by atoms with Gasteiger partial charge < -0.3 is 14.8 Å². The molecule has 2 amide bonds. The highest BCUT2D eigenvalue weighted by Crippen LogP contribution is 2.22. The first-order valence-corrected chi connectivity index (χ1v) is 7.26. The maximum absolute atomic E-state index is 13.8. The molecule has 0 fully saturated rings. The number of nitrogens with zero attached hydrogens (tertiary/aromatic N) is 4. The second-order valence-corrected chi connectivity index (χ2v) is 5.14. The molecule has 0 bridgehead atoms. The van der Waals surface area contributed by atoms with Crippen molar-refractivity contribution in [3.8, 4) is 0 Å². The Balaban J connectivity index is 2.02. The molecule has 1 aromatic carbocycles. The third kappa shape index (κ3) is 3.82. The topological polar surface area (TPSA) is 63.1 Å². The molecule has 0 unspecified atom stereocenters. The number of urea groups is 1. The zero-order valence-corrected chi connectivity index (χ0v) is 13.3. The number of hydrogen-bond acceptors (Lipinski definition) is 3. The number of halogens is 2. The van der Waals surface area contributed by atoms with Crippen molar-refractivity contribution in [2.24, 2.45) is 0 Å². The van der Waals surface area contributed by atoms with Crippen LogP contribution in [0.2, 0.25) is 0 Å². The Hall–Kier alpha value is -2.51. The van der Waals surface area contributed by atoms with Crippen LogP contribution in [0.4, 0.5) is 13.6 Å². The Morgan fingerprint density at radius 1 is 1.43 bits per heavy atom. The van der Waals surface area contributed by atoms with Crippen LogP contribution in [0.15, 0.2) is 24.5 Å². The van der Waals surface area contributed by atoms with E-state index in [0.717, 1.165) is 18.2 Å². The SMILES string of the molecule is CCn1cnnc1CNC(=O)N(C)[C@@H](C)c1cc(F)ccc1F. The molecule has 6 nitrogen and oxygen atoms in total. The van der Waals surface area contributed by atoms with E-state index in [-0.39, 0.29) is 12.1 Å². The molecule has 0 saturated heterocycles. The lowest BCUT2D eigenvalue weighted by Crippen LogP contribution is -2.39. The molecule has 1 aromatic heterocycles. The van der Waals surface area contributed by atoms with Gasteiger partial charge in [0, 0.05) is 19.2 Å². The summed E-state index contributed by atoms with van der Waals surface area (Å²) in [6, 6.07) is 2.17. The van der Waals surface area contributed by atoms with Gasteiger partial charge >= 0.3 is 6.03 Å². The van der Waals surface area contributed by atoms with E-state index in [4.69, 9.17) is 0 Å². The maximum atomic E-state index is 13.8. The van der Waals surface area contributed by atoms with Crippen molar-refractivity contribution < 1.29 is 13.6 Å². The molecule has 0 aliphatic rings. The van der Waals surface area contributed by atoms with Crippen LogP contribution in [0.25, 0.3) is 0 Å². The molecule has 0 spiro atoms. The van der Waals surface area contributed by atoms with Crippen LogP contribution < -0.4 is 5.32 Å². The van der Waals surface area contributed by atoms with Gasteiger partial charge in [0.2, 0.25) is 0 Å². The van der Waals surface area contributed by atoms with E-state index in [1.165, 1.54) is 11.9 Å². The fraction of sp³-hybridized carbons (Fsp3) is 0.400. The minimum Gasteiger partial charge on any atom is -0.331 e. The number of aromatic nitrogens is 3. The summed E-state index contributed by atoms with van der Waals surface area (Å²) >= 11 is 0. The van der Waals surface area contributed by atoms with E-state index < -0.39 is 23.7 Å². The number of benzene rings is 1. The molecule has 2 rings (SSSR count). The average molecular weight is 323 g/mol. The normalized spacial score (nSPS) is 12.0. The van der Waals surface area contributed by atoms with Gasteiger partial charge in [-0.1, -0.05) is 0 Å². The molecular formula is C15H19F2N5O. The van der Waals surface area contributed by atoms with E-state index in [1.54, 1.807) is 17.8 Å². The lowest BCUT2D eigenvalue weighted by atomic mass is 10.1. The molecule has 124 valence electrons. The van der Waals surface area contributed by atoms with Gasteiger partial charge in [0.15, 0.2) is 5.82 Å². The zero-order valence-electron chi connectivity index (χ0n) is 13.3. The predicted octanol–water partition coefficient (Wildman–Crippen LogP) is 2.48. The Bertz CT molecular complexity index is 688. The van der Waals surface area contributed by atoms with Gasteiger partial charge in [-0.3, -0.25) is 0 Å². The largest absolute Gasteiger partial charge is 0.331 e. The number of carbonyl (C=O) groups is 1. The summed E-state index contributed by atoms with van der Waals surface area (Å²) in [5, 5.41) is 10.4. The zero-order chi connectivity index (χ0) is 17.0. The number of hydrogen-bond donors (Lipinski definition) is 1. The predicted molar refractivity (Wildman–Crippen MR) is 80.5 cm³/mol. The molecule has 8 heteroatoms. The maximum Gasteiger partial charge on any atom is 0.318 e.